The molecule has 12 rings (SSSR count). The van der Waals surface area contributed by atoms with Crippen LogP contribution in [0.5, 0.6) is 0 Å². The van der Waals surface area contributed by atoms with Crippen molar-refractivity contribution in [3.05, 3.63) is 199 Å². The molecule has 3 aromatic heterocycles. The van der Waals surface area contributed by atoms with Crippen molar-refractivity contribution in [3.63, 3.8) is 0 Å². The Morgan fingerprint density at radius 1 is 0.509 bits per heavy atom. The number of para-hydroxylation sites is 3. The number of furan rings is 1. The van der Waals surface area contributed by atoms with Crippen molar-refractivity contribution >= 4 is 81.1 Å². The smallest absolute Gasteiger partial charge is 0.146 e. The van der Waals surface area contributed by atoms with Crippen molar-refractivity contribution < 1.29 is 4.42 Å². The molecule has 4 heterocycles. The van der Waals surface area contributed by atoms with E-state index in [1.165, 1.54) is 53.2 Å². The molecule has 0 saturated heterocycles. The molecule has 0 spiro atoms. The van der Waals surface area contributed by atoms with E-state index in [4.69, 9.17) is 9.41 Å². The summed E-state index contributed by atoms with van der Waals surface area (Å²) in [5.74, 6) is 0.804. The molecule has 2 unspecified atom stereocenters. The number of thiophene rings is 1. The van der Waals surface area contributed by atoms with Gasteiger partial charge in [-0.05, 0) is 76.9 Å². The number of fused-ring (bicyclic) bond motifs is 9. The van der Waals surface area contributed by atoms with Crippen LogP contribution >= 0.6 is 11.3 Å². The van der Waals surface area contributed by atoms with Gasteiger partial charge >= 0.3 is 0 Å². The fourth-order valence-electron chi connectivity index (χ4n) is 8.77. The molecule has 0 aliphatic carbocycles. The lowest BCUT2D eigenvalue weighted by Crippen LogP contribution is -2.45. The molecule has 57 heavy (non-hydrogen) atoms. The van der Waals surface area contributed by atoms with Crippen LogP contribution in [0.25, 0.3) is 80.7 Å². The highest BCUT2D eigenvalue weighted by molar-refractivity contribution is 7.25. The Labute approximate surface area is 332 Å². The largest absolute Gasteiger partial charge is 0.455 e. The first-order valence-electron chi connectivity index (χ1n) is 19.3. The van der Waals surface area contributed by atoms with Gasteiger partial charge in [0.2, 0.25) is 0 Å². The minimum atomic E-state index is -0.219. The van der Waals surface area contributed by atoms with E-state index in [0.29, 0.717) is 0 Å². The molecule has 5 nitrogen and oxygen atoms in total. The summed E-state index contributed by atoms with van der Waals surface area (Å²) in [6.07, 6.45) is -0.345. The van der Waals surface area contributed by atoms with Crippen molar-refractivity contribution in [3.8, 4) is 16.8 Å². The first-order chi connectivity index (χ1) is 28.2. The maximum atomic E-state index is 6.79. The molecule has 2 atom stereocenters. The van der Waals surface area contributed by atoms with E-state index in [9.17, 15) is 0 Å². The van der Waals surface area contributed by atoms with Gasteiger partial charge in [-0.25, -0.2) is 4.99 Å². The summed E-state index contributed by atoms with van der Waals surface area (Å²) in [6, 6.07) is 65.0. The van der Waals surface area contributed by atoms with Crippen LogP contribution in [0.4, 0.5) is 0 Å². The first-order valence-corrected chi connectivity index (χ1v) is 20.2. The van der Waals surface area contributed by atoms with E-state index in [-0.39, 0.29) is 12.3 Å². The molecule has 1 aliphatic rings. The van der Waals surface area contributed by atoms with Crippen LogP contribution < -0.4 is 10.6 Å². The predicted molar refractivity (Wildman–Crippen MR) is 238 cm³/mol. The van der Waals surface area contributed by atoms with Crippen LogP contribution in [-0.2, 0) is 0 Å². The Hall–Kier alpha value is -6.99. The van der Waals surface area contributed by atoms with Gasteiger partial charge in [0.15, 0.2) is 0 Å². The van der Waals surface area contributed by atoms with E-state index >= 15 is 0 Å². The Morgan fingerprint density at radius 2 is 1.18 bits per heavy atom. The van der Waals surface area contributed by atoms with Gasteiger partial charge < -0.3 is 14.3 Å². The second kappa shape index (κ2) is 12.8. The molecular formula is C51H34N4OS. The molecule has 2 N–H and O–H groups in total. The van der Waals surface area contributed by atoms with Gasteiger partial charge in [-0.3, -0.25) is 5.32 Å². The monoisotopic (exact) mass is 750 g/mol. The molecule has 6 heteroatoms. The Balaban J connectivity index is 0.928. The summed E-state index contributed by atoms with van der Waals surface area (Å²) in [7, 11) is 0. The number of nitrogens with one attached hydrogen (secondary N) is 2. The number of amidine groups is 1. The Bertz CT molecular complexity index is 3320. The maximum Gasteiger partial charge on any atom is 0.146 e. The fraction of sp³-hybridized carbons (Fsp3) is 0.0392. The van der Waals surface area contributed by atoms with Crippen LogP contribution in [0.1, 0.15) is 29.0 Å². The lowest BCUT2D eigenvalue weighted by molar-refractivity contribution is 0.409. The summed E-state index contributed by atoms with van der Waals surface area (Å²) in [6.45, 7) is 0. The Kier molecular flexibility index (Phi) is 7.24. The molecule has 11 aromatic rings. The molecule has 0 fully saturated rings. The second-order valence-corrected chi connectivity index (χ2v) is 15.9. The lowest BCUT2D eigenvalue weighted by atomic mass is 10.0. The summed E-state index contributed by atoms with van der Waals surface area (Å²) in [5.41, 5.74) is 10.8. The Morgan fingerprint density at radius 3 is 1.95 bits per heavy atom. The number of benzene rings is 8. The van der Waals surface area contributed by atoms with Crippen LogP contribution in [0, 0.1) is 0 Å². The van der Waals surface area contributed by atoms with Gasteiger partial charge in [-0.1, -0.05) is 127 Å². The quantitative estimate of drug-likeness (QED) is 0.184. The molecule has 0 amide bonds. The number of rotatable bonds is 5. The SMILES string of the molecule is c1ccc(C2N=C(c3cccc4c3oc3cc(-c5ccc6c(c5)sc5ccc(-n7c8ccccc8c8ccccc87)cc56)ccc34)NC(c3ccccc3)N2)cc1. The minimum Gasteiger partial charge on any atom is -0.455 e. The predicted octanol–water partition coefficient (Wildman–Crippen LogP) is 13.1. The van der Waals surface area contributed by atoms with Gasteiger partial charge in [0.1, 0.15) is 29.3 Å². The van der Waals surface area contributed by atoms with Gasteiger partial charge in [0.25, 0.3) is 0 Å². The van der Waals surface area contributed by atoms with Crippen molar-refractivity contribution in [1.29, 1.82) is 0 Å². The van der Waals surface area contributed by atoms with Crippen LogP contribution in [0.3, 0.4) is 0 Å². The van der Waals surface area contributed by atoms with Gasteiger partial charge in [-0.2, -0.15) is 0 Å². The van der Waals surface area contributed by atoms with Crippen LogP contribution in [-0.4, -0.2) is 10.4 Å². The third kappa shape index (κ3) is 5.22. The summed E-state index contributed by atoms with van der Waals surface area (Å²) in [4.78, 5) is 5.21. The van der Waals surface area contributed by atoms with Crippen molar-refractivity contribution in [2.75, 3.05) is 0 Å². The molecule has 0 bridgehead atoms. The number of nitrogens with zero attached hydrogens (tertiary/aromatic N) is 2. The van der Waals surface area contributed by atoms with Crippen molar-refractivity contribution in [1.82, 2.24) is 15.2 Å². The van der Waals surface area contributed by atoms with Gasteiger partial charge in [0.05, 0.1) is 16.6 Å². The van der Waals surface area contributed by atoms with E-state index in [1.807, 2.05) is 23.5 Å². The van der Waals surface area contributed by atoms with Crippen LogP contribution in [0.2, 0.25) is 0 Å². The second-order valence-electron chi connectivity index (χ2n) is 14.8. The standard InChI is InChI=1S/C51H34N4OS/c1-3-12-31(13-4-1)49-52-50(32-14-5-2-6-15-32)54-51(53-49)41-19-11-18-40-38-25-22-33(28-45(38)56-48(40)41)34-23-26-39-42-30-35(24-27-46(42)57-47(39)29-34)55-43-20-9-7-16-36(43)37-17-8-10-21-44(37)55/h1-30,49-50,52H,(H,53,54). The summed E-state index contributed by atoms with van der Waals surface area (Å²) in [5, 5.41) is 14.6. The number of hydrogen-bond donors (Lipinski definition) is 2. The van der Waals surface area contributed by atoms with Crippen LogP contribution in [0.15, 0.2) is 191 Å². The topological polar surface area (TPSA) is 54.5 Å². The zero-order valence-corrected chi connectivity index (χ0v) is 31.5. The third-order valence-electron chi connectivity index (χ3n) is 11.5. The highest BCUT2D eigenvalue weighted by Crippen LogP contribution is 2.41. The molecule has 0 radical (unpaired) electrons. The van der Waals surface area contributed by atoms with E-state index in [0.717, 1.165) is 50.0 Å². The number of hydrogen-bond acceptors (Lipinski definition) is 5. The number of aliphatic imine (C=N–C) groups is 1. The molecule has 8 aromatic carbocycles. The maximum absolute atomic E-state index is 6.79. The van der Waals surface area contributed by atoms with E-state index in [1.54, 1.807) is 0 Å². The molecule has 0 saturated carbocycles. The zero-order chi connectivity index (χ0) is 37.5. The summed E-state index contributed by atoms with van der Waals surface area (Å²) < 4.78 is 11.7. The van der Waals surface area contributed by atoms with Crippen molar-refractivity contribution in [2.24, 2.45) is 4.99 Å². The van der Waals surface area contributed by atoms with Crippen molar-refractivity contribution in [2.45, 2.75) is 12.3 Å². The highest BCUT2D eigenvalue weighted by atomic mass is 32.1. The average Bonchev–Trinajstić information content (AvgIpc) is 3.95. The molecule has 1 aliphatic heterocycles. The lowest BCUT2D eigenvalue weighted by Gasteiger charge is -2.32. The molecule has 270 valence electrons. The van der Waals surface area contributed by atoms with Gasteiger partial charge in [-0.15, -0.1) is 11.3 Å². The van der Waals surface area contributed by atoms with E-state index < -0.39 is 0 Å². The first kappa shape index (κ1) is 32.3. The fourth-order valence-corrected chi connectivity index (χ4v) is 9.89. The normalized spacial score (nSPS) is 15.9. The molecular weight excluding hydrogens is 717 g/mol. The zero-order valence-electron chi connectivity index (χ0n) is 30.7. The third-order valence-corrected chi connectivity index (χ3v) is 12.6. The number of aromatic nitrogens is 1. The minimum absolute atomic E-state index is 0.126. The van der Waals surface area contributed by atoms with Gasteiger partial charge in [0, 0.05) is 47.4 Å². The van der Waals surface area contributed by atoms with E-state index in [2.05, 4.69) is 185 Å². The highest BCUT2D eigenvalue weighted by Gasteiger charge is 2.27. The average molecular weight is 751 g/mol. The summed E-state index contributed by atoms with van der Waals surface area (Å²) >= 11 is 1.85.